The van der Waals surface area contributed by atoms with E-state index in [9.17, 15) is 43.2 Å². The Bertz CT molecular complexity index is 1900. The van der Waals surface area contributed by atoms with Gasteiger partial charge in [0.25, 0.3) is 0 Å². The Labute approximate surface area is 600 Å². The van der Waals surface area contributed by atoms with Gasteiger partial charge in [0.05, 0.1) is 26.4 Å². The Hall–Kier alpha value is -1.94. The van der Waals surface area contributed by atoms with Crippen molar-refractivity contribution in [3.63, 3.8) is 0 Å². The normalized spacial score (nSPS) is 14.0. The molecule has 98 heavy (non-hydrogen) atoms. The highest BCUT2D eigenvalue weighted by molar-refractivity contribution is 7.47. The van der Waals surface area contributed by atoms with Crippen LogP contribution in [0.1, 0.15) is 408 Å². The molecule has 0 fully saturated rings. The molecule has 0 bridgehead atoms. The van der Waals surface area contributed by atoms with Crippen LogP contribution in [0.2, 0.25) is 0 Å². The molecule has 19 heteroatoms. The molecule has 0 radical (unpaired) electrons. The maximum absolute atomic E-state index is 13.1. The van der Waals surface area contributed by atoms with Crippen LogP contribution in [-0.2, 0) is 65.4 Å². The highest BCUT2D eigenvalue weighted by Gasteiger charge is 2.30. The Morgan fingerprint density at radius 2 is 0.469 bits per heavy atom. The molecule has 17 nitrogen and oxygen atoms in total. The summed E-state index contributed by atoms with van der Waals surface area (Å²) in [6, 6.07) is 0. The number of carbonyl (C=O) groups excluding carboxylic acids is 4. The SMILES string of the molecule is CCCCCCCCCCCCCCCCC(=O)O[C@H](COC(=O)CCCCCCCCC(C)C)COP(=O)(O)OC[C@H](O)COP(=O)(O)OC[C@@H](COC(=O)CCCCCCCCCCCCCCCCC(C)C)OC(=O)CCCCCCCCCCCCCCCCCC(C)C. The highest BCUT2D eigenvalue weighted by atomic mass is 31.2. The maximum Gasteiger partial charge on any atom is 0.472 e. The van der Waals surface area contributed by atoms with E-state index in [0.717, 1.165) is 108 Å². The molecule has 3 N–H and O–H groups in total. The van der Waals surface area contributed by atoms with Crippen LogP contribution in [0.4, 0.5) is 0 Å². The van der Waals surface area contributed by atoms with Crippen molar-refractivity contribution in [1.82, 2.24) is 0 Å². The van der Waals surface area contributed by atoms with Crippen molar-refractivity contribution in [2.75, 3.05) is 39.6 Å². The smallest absolute Gasteiger partial charge is 0.462 e. The van der Waals surface area contributed by atoms with Gasteiger partial charge < -0.3 is 33.8 Å². The number of phosphoric ester groups is 2. The molecule has 0 amide bonds. The summed E-state index contributed by atoms with van der Waals surface area (Å²) in [6.07, 6.45) is 57.0. The topological polar surface area (TPSA) is 237 Å². The highest BCUT2D eigenvalue weighted by Crippen LogP contribution is 2.45. The number of esters is 4. The van der Waals surface area contributed by atoms with Gasteiger partial charge in [-0.1, -0.05) is 357 Å². The fraction of sp³-hybridized carbons (Fsp3) is 0.949. The summed E-state index contributed by atoms with van der Waals surface area (Å²) in [5, 5.41) is 10.6. The zero-order valence-electron chi connectivity index (χ0n) is 64.3. The number of aliphatic hydroxyl groups is 1. The van der Waals surface area contributed by atoms with Crippen molar-refractivity contribution in [3.8, 4) is 0 Å². The molecule has 0 saturated heterocycles. The minimum absolute atomic E-state index is 0.107. The number of unbranched alkanes of at least 4 members (excludes halogenated alkanes) is 45. The van der Waals surface area contributed by atoms with E-state index in [0.29, 0.717) is 31.6 Å². The summed E-state index contributed by atoms with van der Waals surface area (Å²) >= 11 is 0. The van der Waals surface area contributed by atoms with Crippen LogP contribution < -0.4 is 0 Å². The third-order valence-corrected chi connectivity index (χ3v) is 20.3. The van der Waals surface area contributed by atoms with Crippen molar-refractivity contribution in [3.05, 3.63) is 0 Å². The van der Waals surface area contributed by atoms with Crippen LogP contribution in [0, 0.1) is 17.8 Å². The number of rotatable bonds is 77. The number of hydrogen-bond donors (Lipinski definition) is 3. The van der Waals surface area contributed by atoms with Gasteiger partial charge in [0.2, 0.25) is 0 Å². The molecule has 0 rings (SSSR count). The molecule has 582 valence electrons. The second-order valence-corrected chi connectivity index (χ2v) is 32.8. The molecule has 0 spiro atoms. The van der Waals surface area contributed by atoms with Crippen molar-refractivity contribution < 1.29 is 80.2 Å². The van der Waals surface area contributed by atoms with Gasteiger partial charge in [0.15, 0.2) is 12.2 Å². The molecular weight excluding hydrogens is 1280 g/mol. The Morgan fingerprint density at radius 1 is 0.276 bits per heavy atom. The van der Waals surface area contributed by atoms with Crippen LogP contribution in [0.25, 0.3) is 0 Å². The van der Waals surface area contributed by atoms with Gasteiger partial charge in [0.1, 0.15) is 19.3 Å². The van der Waals surface area contributed by atoms with Crippen molar-refractivity contribution in [2.45, 2.75) is 426 Å². The first-order chi connectivity index (χ1) is 47.2. The number of hydrogen-bond acceptors (Lipinski definition) is 15. The van der Waals surface area contributed by atoms with E-state index in [-0.39, 0.29) is 25.7 Å². The summed E-state index contributed by atoms with van der Waals surface area (Å²) < 4.78 is 68.6. The molecule has 0 heterocycles. The van der Waals surface area contributed by atoms with Gasteiger partial charge in [-0.15, -0.1) is 0 Å². The average molecular weight is 1440 g/mol. The second kappa shape index (κ2) is 69.4. The fourth-order valence-electron chi connectivity index (χ4n) is 12.1. The van der Waals surface area contributed by atoms with E-state index in [2.05, 4.69) is 48.5 Å². The van der Waals surface area contributed by atoms with Crippen molar-refractivity contribution in [1.29, 1.82) is 0 Å². The lowest BCUT2D eigenvalue weighted by Gasteiger charge is -2.21. The summed E-state index contributed by atoms with van der Waals surface area (Å²) in [6.45, 7) is 11.9. The molecule has 0 aliphatic carbocycles. The van der Waals surface area contributed by atoms with Crippen molar-refractivity contribution >= 4 is 39.5 Å². The van der Waals surface area contributed by atoms with Crippen molar-refractivity contribution in [2.24, 2.45) is 17.8 Å². The number of carbonyl (C=O) groups is 4. The molecule has 5 atom stereocenters. The van der Waals surface area contributed by atoms with Crippen LogP contribution >= 0.6 is 15.6 Å². The first kappa shape index (κ1) is 96.1. The zero-order chi connectivity index (χ0) is 72.3. The molecule has 0 aliphatic rings. The van der Waals surface area contributed by atoms with Gasteiger partial charge in [-0.3, -0.25) is 37.3 Å². The average Bonchev–Trinajstić information content (AvgIpc) is 0.944. The summed E-state index contributed by atoms with van der Waals surface area (Å²) in [4.78, 5) is 72.9. The predicted molar refractivity (Wildman–Crippen MR) is 400 cm³/mol. The van der Waals surface area contributed by atoms with E-state index >= 15 is 0 Å². The van der Waals surface area contributed by atoms with Crippen LogP contribution in [-0.4, -0.2) is 96.7 Å². The summed E-state index contributed by atoms with van der Waals surface area (Å²) in [5.74, 6) is 0.167. The minimum atomic E-state index is -4.96. The first-order valence-corrected chi connectivity index (χ1v) is 43.8. The first-order valence-electron chi connectivity index (χ1n) is 40.8. The largest absolute Gasteiger partial charge is 0.472 e. The molecule has 0 aromatic rings. The lowest BCUT2D eigenvalue weighted by atomic mass is 10.0. The standard InChI is InChI=1S/C79H154O17P2/c1-8-9-10-11-12-13-14-15-23-29-34-39-48-55-62-79(84)96-75(67-90-77(82)61-54-47-42-41-45-52-59-72(6)7)69-94-98(87,88)92-65-73(80)64-91-97(85,86)93-68-74(66-89-76(81)60-53-46-38-33-28-24-20-19-22-27-32-37-44-51-58-71(4)5)95-78(83)63-56-49-40-35-30-25-18-16-17-21-26-31-36-43-50-57-70(2)3/h70-75,80H,8-69H2,1-7H3,(H,85,86)(H,87,88)/t73-,74-,75-/m1/s1. The molecule has 0 saturated carbocycles. The van der Waals surface area contributed by atoms with E-state index in [4.69, 9.17) is 37.0 Å². The molecule has 2 unspecified atom stereocenters. The van der Waals surface area contributed by atoms with Gasteiger partial charge in [0, 0.05) is 25.7 Å². The number of phosphoric acid groups is 2. The monoisotopic (exact) mass is 1440 g/mol. The van der Waals surface area contributed by atoms with Gasteiger partial charge >= 0.3 is 39.5 Å². The minimum Gasteiger partial charge on any atom is -0.462 e. The van der Waals surface area contributed by atoms with E-state index < -0.39 is 97.5 Å². The fourth-order valence-corrected chi connectivity index (χ4v) is 13.7. The Balaban J connectivity index is 5.23. The molecule has 0 aromatic heterocycles. The summed E-state index contributed by atoms with van der Waals surface area (Å²) in [7, 11) is -9.92. The molecular formula is C79H154O17P2. The third kappa shape index (κ3) is 72.4. The summed E-state index contributed by atoms with van der Waals surface area (Å²) in [5.41, 5.74) is 0. The number of ether oxygens (including phenoxy) is 4. The Kier molecular flexibility index (Phi) is 68.1. The van der Waals surface area contributed by atoms with E-state index in [1.807, 2.05) is 0 Å². The number of aliphatic hydroxyl groups excluding tert-OH is 1. The van der Waals surface area contributed by atoms with Crippen LogP contribution in [0.3, 0.4) is 0 Å². The van der Waals surface area contributed by atoms with E-state index in [1.54, 1.807) is 0 Å². The maximum atomic E-state index is 13.1. The predicted octanol–water partition coefficient (Wildman–Crippen LogP) is 23.4. The van der Waals surface area contributed by atoms with Gasteiger partial charge in [-0.25, -0.2) is 9.13 Å². The van der Waals surface area contributed by atoms with Gasteiger partial charge in [-0.2, -0.15) is 0 Å². The Morgan fingerprint density at radius 3 is 0.694 bits per heavy atom. The zero-order valence-corrected chi connectivity index (χ0v) is 66.0. The van der Waals surface area contributed by atoms with Crippen LogP contribution in [0.5, 0.6) is 0 Å². The lowest BCUT2D eigenvalue weighted by molar-refractivity contribution is -0.161. The lowest BCUT2D eigenvalue weighted by Crippen LogP contribution is -2.30. The quantitative estimate of drug-likeness (QED) is 0.0222. The molecule has 0 aromatic carbocycles. The second-order valence-electron chi connectivity index (χ2n) is 29.9. The molecule has 0 aliphatic heterocycles. The van der Waals surface area contributed by atoms with E-state index in [1.165, 1.54) is 212 Å². The van der Waals surface area contributed by atoms with Crippen LogP contribution in [0.15, 0.2) is 0 Å². The van der Waals surface area contributed by atoms with Gasteiger partial charge in [-0.05, 0) is 43.4 Å². The third-order valence-electron chi connectivity index (χ3n) is 18.4.